The van der Waals surface area contributed by atoms with Crippen LogP contribution in [0, 0.1) is 11.3 Å². The summed E-state index contributed by atoms with van der Waals surface area (Å²) in [6.45, 7) is -1.10. The van der Waals surface area contributed by atoms with Gasteiger partial charge in [0.1, 0.15) is 11.3 Å². The lowest BCUT2D eigenvalue weighted by Crippen LogP contribution is -2.43. The second-order valence-electron chi connectivity index (χ2n) is 10.8. The molecule has 220 valence electrons. The highest BCUT2D eigenvalue weighted by atomic mass is 35.5. The third kappa shape index (κ3) is 6.69. The van der Waals surface area contributed by atoms with Crippen LogP contribution in [0.25, 0.3) is 0 Å². The summed E-state index contributed by atoms with van der Waals surface area (Å²) in [7, 11) is -4.10. The van der Waals surface area contributed by atoms with Crippen molar-refractivity contribution in [2.75, 3.05) is 19.7 Å². The molecule has 0 radical (unpaired) electrons. The van der Waals surface area contributed by atoms with E-state index >= 15 is 0 Å². The molecule has 1 aliphatic heterocycles. The first-order chi connectivity index (χ1) is 19.2. The maximum Gasteiger partial charge on any atom is 0.422 e. The third-order valence-corrected chi connectivity index (χ3v) is 10.6. The molecule has 0 spiro atoms. The van der Waals surface area contributed by atoms with Gasteiger partial charge in [0.05, 0.1) is 21.2 Å². The van der Waals surface area contributed by atoms with Crippen LogP contribution in [0.1, 0.15) is 37.7 Å². The van der Waals surface area contributed by atoms with Gasteiger partial charge in [-0.05, 0) is 55.5 Å². The van der Waals surface area contributed by atoms with Crippen LogP contribution in [0.15, 0.2) is 47.4 Å². The average molecular weight is 632 g/mol. The number of likely N-dealkylation sites (tertiary alicyclic amines) is 1. The van der Waals surface area contributed by atoms with Crippen LogP contribution in [0.5, 0.6) is 5.75 Å². The van der Waals surface area contributed by atoms with Crippen molar-refractivity contribution in [1.29, 1.82) is 5.26 Å². The molecule has 0 unspecified atom stereocenters. The highest BCUT2D eigenvalue weighted by Crippen LogP contribution is 2.50. The quantitative estimate of drug-likeness (QED) is 0.382. The van der Waals surface area contributed by atoms with Gasteiger partial charge in [0.15, 0.2) is 22.7 Å². The van der Waals surface area contributed by atoms with Gasteiger partial charge in [-0.3, -0.25) is 4.90 Å². The zero-order valence-electron chi connectivity index (χ0n) is 21.6. The number of carbonyl (C=O) groups is 1. The normalized spacial score (nSPS) is 22.9. The lowest BCUT2D eigenvalue weighted by molar-refractivity contribution is -0.153. The molecule has 5 rings (SSSR count). The Kier molecular flexibility index (Phi) is 7.87. The molecular weight excluding hydrogens is 606 g/mol. The first-order valence-electron chi connectivity index (χ1n) is 12.9. The summed E-state index contributed by atoms with van der Waals surface area (Å²) in [6.07, 6.45) is -3.62. The minimum atomic E-state index is -4.57. The van der Waals surface area contributed by atoms with Crippen LogP contribution < -0.4 is 10.1 Å². The predicted octanol–water partition coefficient (Wildman–Crippen LogP) is 5.62. The van der Waals surface area contributed by atoms with Crippen molar-refractivity contribution in [2.24, 2.45) is 0 Å². The smallest absolute Gasteiger partial charge is 0.422 e. The van der Waals surface area contributed by atoms with Gasteiger partial charge in [0, 0.05) is 36.0 Å². The van der Waals surface area contributed by atoms with E-state index in [9.17, 15) is 31.6 Å². The number of benzene rings is 2. The minimum Gasteiger partial charge on any atom is -0.484 e. The molecule has 1 N–H and O–H groups in total. The lowest BCUT2D eigenvalue weighted by atomic mass is 9.95. The maximum absolute atomic E-state index is 13.7. The Bertz CT molecular complexity index is 1470. The maximum atomic E-state index is 13.7. The van der Waals surface area contributed by atoms with Gasteiger partial charge in [0.25, 0.3) is 0 Å². The molecule has 0 aromatic heterocycles. The van der Waals surface area contributed by atoms with E-state index in [1.165, 1.54) is 0 Å². The molecule has 8 nitrogen and oxygen atoms in total. The third-order valence-electron chi connectivity index (χ3n) is 7.73. The lowest BCUT2D eigenvalue weighted by Gasteiger charge is -2.29. The van der Waals surface area contributed by atoms with E-state index in [1.54, 1.807) is 12.1 Å². The number of ether oxygens (including phenoxy) is 2. The largest absolute Gasteiger partial charge is 0.484 e. The van der Waals surface area contributed by atoms with E-state index in [2.05, 4.69) is 16.1 Å². The first kappa shape index (κ1) is 29.8. The van der Waals surface area contributed by atoms with Crippen LogP contribution in [-0.4, -0.2) is 62.3 Å². The number of rotatable bonds is 9. The highest BCUT2D eigenvalue weighted by molar-refractivity contribution is 7.92. The van der Waals surface area contributed by atoms with E-state index in [1.807, 2.05) is 17.0 Å². The number of nitrogens with one attached hydrogen (secondary N) is 1. The summed E-state index contributed by atoms with van der Waals surface area (Å²) in [4.78, 5) is 14.3. The number of hydrogen-bond acceptors (Lipinski definition) is 7. The fourth-order valence-electron chi connectivity index (χ4n) is 5.11. The number of halogens is 5. The predicted molar refractivity (Wildman–Crippen MR) is 144 cm³/mol. The molecule has 2 aliphatic carbocycles. The fourth-order valence-corrected chi connectivity index (χ4v) is 7.48. The van der Waals surface area contributed by atoms with E-state index in [0.29, 0.717) is 24.4 Å². The Labute approximate surface area is 245 Å². The van der Waals surface area contributed by atoms with Crippen LogP contribution in [0.2, 0.25) is 10.0 Å². The minimum absolute atomic E-state index is 0.0294. The van der Waals surface area contributed by atoms with Gasteiger partial charge in [-0.1, -0.05) is 35.3 Å². The van der Waals surface area contributed by atoms with Gasteiger partial charge in [-0.15, -0.1) is 0 Å². The van der Waals surface area contributed by atoms with Crippen molar-refractivity contribution in [3.05, 3.63) is 58.1 Å². The number of nitriles is 1. The summed E-state index contributed by atoms with van der Waals surface area (Å²) in [5.74, 6) is -0.220. The zero-order chi connectivity index (χ0) is 29.6. The Morgan fingerprint density at radius 2 is 1.80 bits per heavy atom. The summed E-state index contributed by atoms with van der Waals surface area (Å²) in [5.41, 5.74) is -0.188. The van der Waals surface area contributed by atoms with Crippen molar-refractivity contribution in [1.82, 2.24) is 10.2 Å². The Morgan fingerprint density at radius 3 is 2.37 bits per heavy atom. The van der Waals surface area contributed by atoms with E-state index in [4.69, 9.17) is 27.9 Å². The van der Waals surface area contributed by atoms with Crippen molar-refractivity contribution in [3.8, 4) is 11.8 Å². The summed E-state index contributed by atoms with van der Waals surface area (Å²) >= 11 is 12.3. The number of nitrogens with zero attached hydrogens (tertiary/aromatic N) is 2. The SMILES string of the molecule is N#CC1(NC(=O)O[C@H]2C[C@@H](S(=O)(=O)c3ccc(OCC(F)(F)F)cc3Cl)CN2CC2(c3ccc(Cl)cc3)CC2)CC1. The first-order valence-corrected chi connectivity index (χ1v) is 15.2. The van der Waals surface area contributed by atoms with Crippen molar-refractivity contribution in [3.63, 3.8) is 0 Å². The number of hydrogen-bond donors (Lipinski definition) is 1. The zero-order valence-corrected chi connectivity index (χ0v) is 23.9. The second kappa shape index (κ2) is 10.8. The molecule has 2 aromatic carbocycles. The molecule has 3 fully saturated rings. The van der Waals surface area contributed by atoms with Crippen LogP contribution in [0.4, 0.5) is 18.0 Å². The molecule has 1 saturated heterocycles. The standard InChI is InChI=1S/C27H26Cl2F3N3O5S/c28-18-3-1-17(2-4-18)25(7-8-25)15-35-13-20(12-23(35)40-24(36)34-26(14-33)9-10-26)41(37,38)22-6-5-19(11-21(22)29)39-16-27(30,31)32/h1-6,11,20,23H,7-10,12-13,15-16H2,(H,34,36)/t20-,23+/m1/s1. The summed E-state index contributed by atoms with van der Waals surface area (Å²) in [5, 5.41) is 11.2. The Hall–Kier alpha value is -2.72. The molecule has 2 aromatic rings. The number of amides is 1. The molecule has 3 aliphatic rings. The van der Waals surface area contributed by atoms with Crippen LogP contribution >= 0.6 is 23.2 Å². The van der Waals surface area contributed by atoms with Crippen molar-refractivity contribution in [2.45, 2.75) is 65.6 Å². The molecule has 1 heterocycles. The molecule has 1 amide bonds. The van der Waals surface area contributed by atoms with Gasteiger partial charge in [-0.25, -0.2) is 13.2 Å². The number of sulfone groups is 1. The topological polar surface area (TPSA) is 109 Å². The molecule has 2 saturated carbocycles. The van der Waals surface area contributed by atoms with Gasteiger partial charge < -0.3 is 14.8 Å². The number of alkyl carbamates (subject to hydrolysis) is 1. The molecule has 2 atom stereocenters. The van der Waals surface area contributed by atoms with Gasteiger partial charge in [-0.2, -0.15) is 18.4 Å². The van der Waals surface area contributed by atoms with Crippen molar-refractivity contribution >= 4 is 39.1 Å². The monoisotopic (exact) mass is 631 g/mol. The average Bonchev–Trinajstić information content (AvgIpc) is 3.81. The molecular formula is C27H26Cl2F3N3O5S. The fraction of sp³-hybridized carbons (Fsp3) is 0.481. The van der Waals surface area contributed by atoms with E-state index < -0.39 is 45.7 Å². The van der Waals surface area contributed by atoms with Gasteiger partial charge in [0.2, 0.25) is 0 Å². The summed E-state index contributed by atoms with van der Waals surface area (Å²) < 4.78 is 75.3. The van der Waals surface area contributed by atoms with Crippen LogP contribution in [0.3, 0.4) is 0 Å². The van der Waals surface area contributed by atoms with Crippen LogP contribution in [-0.2, 0) is 20.0 Å². The summed E-state index contributed by atoms with van der Waals surface area (Å²) in [6, 6.07) is 12.8. The Balaban J connectivity index is 1.36. The van der Waals surface area contributed by atoms with Crippen molar-refractivity contribution < 1.29 is 35.9 Å². The van der Waals surface area contributed by atoms with Gasteiger partial charge >= 0.3 is 12.3 Å². The van der Waals surface area contributed by atoms with E-state index in [-0.39, 0.29) is 34.0 Å². The number of alkyl halides is 3. The van der Waals surface area contributed by atoms with E-state index in [0.717, 1.165) is 36.6 Å². The molecule has 14 heteroatoms. The molecule has 0 bridgehead atoms. The number of carbonyl (C=O) groups excluding carboxylic acids is 1. The second-order valence-corrected chi connectivity index (χ2v) is 13.8. The highest BCUT2D eigenvalue weighted by Gasteiger charge is 2.51. The molecule has 41 heavy (non-hydrogen) atoms. The Morgan fingerprint density at radius 1 is 1.12 bits per heavy atom.